The van der Waals surface area contributed by atoms with E-state index in [2.05, 4.69) is 10.6 Å². The van der Waals surface area contributed by atoms with E-state index in [0.29, 0.717) is 0 Å². The van der Waals surface area contributed by atoms with Crippen molar-refractivity contribution in [1.82, 2.24) is 10.6 Å². The van der Waals surface area contributed by atoms with E-state index in [9.17, 15) is 14.2 Å². The van der Waals surface area contributed by atoms with E-state index in [4.69, 9.17) is 9.05 Å². The molecule has 1 unspecified atom stereocenters. The molecule has 0 bridgehead atoms. The average Bonchev–Trinajstić information content (AvgIpc) is 2.25. The zero-order valence-corrected chi connectivity index (χ0v) is 10.5. The topological polar surface area (TPSA) is 93.7 Å². The molecular formula is C8H17N2O5P. The first-order chi connectivity index (χ1) is 7.55. The Morgan fingerprint density at radius 3 is 2.19 bits per heavy atom. The lowest BCUT2D eigenvalue weighted by molar-refractivity contribution is -0.123. The van der Waals surface area contributed by atoms with Gasteiger partial charge in [0.15, 0.2) is 0 Å². The van der Waals surface area contributed by atoms with Gasteiger partial charge in [0.2, 0.25) is 12.2 Å². The van der Waals surface area contributed by atoms with Crippen molar-refractivity contribution in [3.8, 4) is 0 Å². The van der Waals surface area contributed by atoms with Gasteiger partial charge in [-0.05, 0) is 13.8 Å². The van der Waals surface area contributed by atoms with Crippen molar-refractivity contribution in [1.29, 1.82) is 0 Å². The predicted octanol–water partition coefficient (Wildman–Crippen LogP) is 0.0706. The highest BCUT2D eigenvalue weighted by Gasteiger charge is 2.40. The fourth-order valence-electron chi connectivity index (χ4n) is 1.06. The fourth-order valence-corrected chi connectivity index (χ4v) is 2.81. The van der Waals surface area contributed by atoms with Crippen molar-refractivity contribution in [2.24, 2.45) is 0 Å². The molecule has 2 amide bonds. The van der Waals surface area contributed by atoms with Crippen molar-refractivity contribution in [3.05, 3.63) is 0 Å². The van der Waals surface area contributed by atoms with Crippen LogP contribution in [0.3, 0.4) is 0 Å². The van der Waals surface area contributed by atoms with Gasteiger partial charge in [-0.1, -0.05) is 0 Å². The molecule has 0 heterocycles. The summed E-state index contributed by atoms with van der Waals surface area (Å²) in [5.41, 5.74) is 0. The molecule has 1 atom stereocenters. The Labute approximate surface area is 94.4 Å². The monoisotopic (exact) mass is 252 g/mol. The molecule has 0 aromatic carbocycles. The van der Waals surface area contributed by atoms with E-state index in [1.165, 1.54) is 7.05 Å². The Kier molecular flexibility index (Phi) is 6.96. The van der Waals surface area contributed by atoms with Crippen LogP contribution >= 0.6 is 7.60 Å². The second-order valence-corrected chi connectivity index (χ2v) is 4.79. The second-order valence-electron chi connectivity index (χ2n) is 2.68. The van der Waals surface area contributed by atoms with E-state index in [-0.39, 0.29) is 19.6 Å². The molecule has 0 rings (SSSR count). The minimum Gasteiger partial charge on any atom is -0.357 e. The van der Waals surface area contributed by atoms with Crippen molar-refractivity contribution in [2.75, 3.05) is 20.3 Å². The van der Waals surface area contributed by atoms with Crippen LogP contribution in [0.2, 0.25) is 0 Å². The first-order valence-electron chi connectivity index (χ1n) is 4.85. The Morgan fingerprint density at radius 2 is 1.88 bits per heavy atom. The van der Waals surface area contributed by atoms with E-state index in [1.54, 1.807) is 13.8 Å². The number of amides is 2. The molecular weight excluding hydrogens is 235 g/mol. The highest BCUT2D eigenvalue weighted by Crippen LogP contribution is 2.51. The van der Waals surface area contributed by atoms with Crippen molar-refractivity contribution in [2.45, 2.75) is 19.6 Å². The third-order valence-electron chi connectivity index (χ3n) is 1.65. The summed E-state index contributed by atoms with van der Waals surface area (Å²) >= 11 is 0. The molecule has 16 heavy (non-hydrogen) atoms. The quantitative estimate of drug-likeness (QED) is 0.471. The van der Waals surface area contributed by atoms with Gasteiger partial charge in [0.25, 0.3) is 5.91 Å². The second kappa shape index (κ2) is 7.38. The summed E-state index contributed by atoms with van der Waals surface area (Å²) < 4.78 is 22.1. The van der Waals surface area contributed by atoms with Crippen LogP contribution < -0.4 is 10.6 Å². The van der Waals surface area contributed by atoms with Gasteiger partial charge in [-0.25, -0.2) is 0 Å². The number of carbonyl (C=O) groups excluding carboxylic acids is 2. The van der Waals surface area contributed by atoms with Crippen molar-refractivity contribution < 1.29 is 23.2 Å². The van der Waals surface area contributed by atoms with Crippen LogP contribution in [-0.4, -0.2) is 38.4 Å². The third kappa shape index (κ3) is 3.92. The normalized spacial score (nSPS) is 12.9. The van der Waals surface area contributed by atoms with Crippen LogP contribution in [-0.2, 0) is 23.2 Å². The molecule has 0 radical (unpaired) electrons. The van der Waals surface area contributed by atoms with Gasteiger partial charge in [-0.3, -0.25) is 14.2 Å². The summed E-state index contributed by atoms with van der Waals surface area (Å²) in [6, 6.07) is 0. The summed E-state index contributed by atoms with van der Waals surface area (Å²) in [5, 5.41) is 4.42. The predicted molar refractivity (Wildman–Crippen MR) is 57.9 cm³/mol. The molecule has 0 aromatic heterocycles. The van der Waals surface area contributed by atoms with Crippen LogP contribution in [0.25, 0.3) is 0 Å². The van der Waals surface area contributed by atoms with Gasteiger partial charge in [-0.2, -0.15) is 0 Å². The van der Waals surface area contributed by atoms with Crippen molar-refractivity contribution in [3.63, 3.8) is 0 Å². The molecule has 94 valence electrons. The first-order valence-corrected chi connectivity index (χ1v) is 6.47. The van der Waals surface area contributed by atoms with Gasteiger partial charge in [-0.15, -0.1) is 0 Å². The number of hydrogen-bond donors (Lipinski definition) is 2. The maximum absolute atomic E-state index is 12.2. The van der Waals surface area contributed by atoms with E-state index in [1.807, 2.05) is 0 Å². The number of likely N-dealkylation sites (N-methyl/N-ethyl adjacent to an activating group) is 1. The number of hydrogen-bond acceptors (Lipinski definition) is 5. The standard InChI is InChI=1S/C8H17N2O5P/c1-4-14-16(13,15-5-2)8(10-6-11)7(12)9-3/h6,8H,4-5H2,1-3H3,(H,9,12)(H,10,11). The molecule has 7 nitrogen and oxygen atoms in total. The van der Waals surface area contributed by atoms with E-state index >= 15 is 0 Å². The lowest BCUT2D eigenvalue weighted by Crippen LogP contribution is -2.43. The minimum atomic E-state index is -3.67. The van der Waals surface area contributed by atoms with Crippen LogP contribution in [0, 0.1) is 0 Å². The lowest BCUT2D eigenvalue weighted by Gasteiger charge is -2.24. The SMILES string of the molecule is CCOP(=O)(OCC)C(NC=O)C(=O)NC. The van der Waals surface area contributed by atoms with Crippen LogP contribution in [0.5, 0.6) is 0 Å². The first kappa shape index (κ1) is 15.1. The Morgan fingerprint density at radius 1 is 1.38 bits per heavy atom. The van der Waals surface area contributed by atoms with Gasteiger partial charge in [0.1, 0.15) is 0 Å². The molecule has 0 aliphatic rings. The molecule has 0 aliphatic carbocycles. The summed E-state index contributed by atoms with van der Waals surface area (Å²) in [6.45, 7) is 3.47. The third-order valence-corrected chi connectivity index (χ3v) is 3.91. The molecule has 0 aliphatic heterocycles. The zero-order valence-electron chi connectivity index (χ0n) is 9.56. The van der Waals surface area contributed by atoms with Gasteiger partial charge < -0.3 is 19.7 Å². The molecule has 0 saturated heterocycles. The molecule has 0 saturated carbocycles. The Hall–Kier alpha value is -0.910. The molecule has 2 N–H and O–H groups in total. The van der Waals surface area contributed by atoms with Gasteiger partial charge in [0.05, 0.1) is 13.2 Å². The van der Waals surface area contributed by atoms with Crippen LogP contribution in [0.1, 0.15) is 13.8 Å². The average molecular weight is 252 g/mol. The molecule has 0 spiro atoms. The lowest BCUT2D eigenvalue weighted by atomic mass is 10.6. The number of nitrogens with one attached hydrogen (secondary N) is 2. The number of rotatable bonds is 8. The zero-order chi connectivity index (χ0) is 12.6. The number of carbonyl (C=O) groups is 2. The summed E-state index contributed by atoms with van der Waals surface area (Å²) in [6.07, 6.45) is 0.282. The minimum absolute atomic E-state index is 0.116. The molecule has 8 heteroatoms. The van der Waals surface area contributed by atoms with Crippen molar-refractivity contribution >= 4 is 19.9 Å². The molecule has 0 fully saturated rings. The van der Waals surface area contributed by atoms with E-state index in [0.717, 1.165) is 0 Å². The highest BCUT2D eigenvalue weighted by atomic mass is 31.2. The Bertz CT molecular complexity index is 274. The Balaban J connectivity index is 4.99. The summed E-state index contributed by atoms with van der Waals surface area (Å²) in [4.78, 5) is 21.8. The maximum Gasteiger partial charge on any atom is 0.362 e. The van der Waals surface area contributed by atoms with Crippen LogP contribution in [0.4, 0.5) is 0 Å². The summed E-state index contributed by atoms with van der Waals surface area (Å²) in [5.74, 6) is -1.95. The maximum atomic E-state index is 12.2. The largest absolute Gasteiger partial charge is 0.362 e. The van der Waals surface area contributed by atoms with Crippen LogP contribution in [0.15, 0.2) is 0 Å². The van der Waals surface area contributed by atoms with Gasteiger partial charge in [0, 0.05) is 7.05 Å². The smallest absolute Gasteiger partial charge is 0.357 e. The molecule has 0 aromatic rings. The fraction of sp³-hybridized carbons (Fsp3) is 0.750. The highest BCUT2D eigenvalue weighted by molar-refractivity contribution is 7.55. The van der Waals surface area contributed by atoms with E-state index < -0.39 is 19.3 Å². The van der Waals surface area contributed by atoms with Gasteiger partial charge >= 0.3 is 7.60 Å². The summed E-state index contributed by atoms with van der Waals surface area (Å²) in [7, 11) is -2.31.